The van der Waals surface area contributed by atoms with Gasteiger partial charge >= 0.3 is 0 Å². The number of amides is 1. The number of aryl methyl sites for hydroxylation is 1. The summed E-state index contributed by atoms with van der Waals surface area (Å²) >= 11 is 0. The normalized spacial score (nSPS) is 14.7. The molecule has 1 fully saturated rings. The first-order valence-corrected chi connectivity index (χ1v) is 9.47. The molecule has 1 amide bonds. The number of carbonyl (C=O) groups excluding carboxylic acids is 1. The van der Waals surface area contributed by atoms with Gasteiger partial charge in [0.1, 0.15) is 5.69 Å². The van der Waals surface area contributed by atoms with Crippen LogP contribution < -0.4 is 4.90 Å². The molecule has 0 atom stereocenters. The summed E-state index contributed by atoms with van der Waals surface area (Å²) < 4.78 is 7.39. The van der Waals surface area contributed by atoms with Gasteiger partial charge in [0, 0.05) is 55.9 Å². The number of anilines is 1. The third-order valence-electron chi connectivity index (χ3n) is 5.06. The summed E-state index contributed by atoms with van der Waals surface area (Å²) in [5, 5.41) is 4.67. The maximum Gasteiger partial charge on any atom is 0.272 e. The number of hydrogen-bond donors (Lipinski definition) is 0. The number of carbonyl (C=O) groups is 1. The number of aromatic nitrogens is 3. The zero-order valence-corrected chi connectivity index (χ0v) is 16.9. The number of rotatable bonds is 5. The van der Waals surface area contributed by atoms with Crippen molar-refractivity contribution in [1.82, 2.24) is 19.7 Å². The van der Waals surface area contributed by atoms with Gasteiger partial charge in [-0.2, -0.15) is 5.10 Å². The minimum atomic E-state index is -0.0338. The van der Waals surface area contributed by atoms with Crippen LogP contribution >= 0.6 is 0 Å². The monoisotopic (exact) mass is 371 g/mol. The van der Waals surface area contributed by atoms with E-state index in [9.17, 15) is 4.79 Å². The van der Waals surface area contributed by atoms with Crippen LogP contribution in [0.5, 0.6) is 0 Å². The summed E-state index contributed by atoms with van der Waals surface area (Å²) in [5.41, 5.74) is 4.91. The largest absolute Gasteiger partial charge is 0.378 e. The van der Waals surface area contributed by atoms with E-state index >= 15 is 0 Å². The smallest absolute Gasteiger partial charge is 0.272 e. The van der Waals surface area contributed by atoms with Gasteiger partial charge in [-0.15, -0.1) is 0 Å². The predicted molar refractivity (Wildman–Crippen MR) is 105 cm³/mol. The molecule has 0 radical (unpaired) electrons. The van der Waals surface area contributed by atoms with Crippen LogP contribution in [0.15, 0.2) is 18.3 Å². The quantitative estimate of drug-likeness (QED) is 0.808. The van der Waals surface area contributed by atoms with Crippen molar-refractivity contribution in [3.8, 4) is 0 Å². The zero-order valence-electron chi connectivity index (χ0n) is 16.9. The highest BCUT2D eigenvalue weighted by atomic mass is 16.5. The molecule has 0 unspecified atom stereocenters. The lowest BCUT2D eigenvalue weighted by Crippen LogP contribution is -2.41. The fraction of sp³-hybridized carbons (Fsp3) is 0.550. The van der Waals surface area contributed by atoms with E-state index in [4.69, 9.17) is 4.74 Å². The van der Waals surface area contributed by atoms with E-state index in [1.54, 1.807) is 11.1 Å². The molecule has 1 aliphatic heterocycles. The Balaban J connectivity index is 1.78. The van der Waals surface area contributed by atoms with Gasteiger partial charge in [-0.25, -0.2) is 0 Å². The summed E-state index contributed by atoms with van der Waals surface area (Å²) in [6, 6.07) is 4.14. The first-order chi connectivity index (χ1) is 12.9. The van der Waals surface area contributed by atoms with Gasteiger partial charge in [0.2, 0.25) is 0 Å². The molecular formula is C20H29N5O2. The first kappa shape index (κ1) is 19.4. The van der Waals surface area contributed by atoms with E-state index < -0.39 is 0 Å². The molecule has 0 aromatic carbocycles. The number of ether oxygens (including phenoxy) is 1. The van der Waals surface area contributed by atoms with Gasteiger partial charge in [-0.3, -0.25) is 14.5 Å². The summed E-state index contributed by atoms with van der Waals surface area (Å²) in [6.45, 7) is 11.6. The van der Waals surface area contributed by atoms with Gasteiger partial charge in [-0.05, 0) is 39.8 Å². The predicted octanol–water partition coefficient (Wildman–Crippen LogP) is 2.58. The molecule has 0 bridgehead atoms. The fourth-order valence-electron chi connectivity index (χ4n) is 3.46. The van der Waals surface area contributed by atoms with Crippen molar-refractivity contribution in [2.24, 2.45) is 0 Å². The van der Waals surface area contributed by atoms with Crippen LogP contribution in [0, 0.1) is 13.8 Å². The van der Waals surface area contributed by atoms with Gasteiger partial charge < -0.3 is 14.5 Å². The Bertz CT molecular complexity index is 809. The fourth-order valence-corrected chi connectivity index (χ4v) is 3.46. The number of morpholine rings is 1. The maximum atomic E-state index is 12.7. The highest BCUT2D eigenvalue weighted by Gasteiger charge is 2.21. The Morgan fingerprint density at radius 2 is 2.00 bits per heavy atom. The molecule has 2 aromatic rings. The standard InChI is InChI=1S/C20H29N5O2/c1-14(2)25-16(4)18(15(3)22-25)13-23(5)17-6-7-21-19(12-17)20(26)24-8-10-27-11-9-24/h6-7,12,14H,8-11,13H2,1-5H3. The molecule has 7 heteroatoms. The number of pyridine rings is 1. The van der Waals surface area contributed by atoms with E-state index in [2.05, 4.69) is 47.4 Å². The highest BCUT2D eigenvalue weighted by molar-refractivity contribution is 5.93. The summed E-state index contributed by atoms with van der Waals surface area (Å²) in [4.78, 5) is 20.9. The lowest BCUT2D eigenvalue weighted by atomic mass is 10.1. The van der Waals surface area contributed by atoms with E-state index in [0.29, 0.717) is 38.0 Å². The Hall–Kier alpha value is -2.41. The van der Waals surface area contributed by atoms with Crippen molar-refractivity contribution in [3.05, 3.63) is 41.0 Å². The molecule has 1 saturated heterocycles. The Morgan fingerprint density at radius 3 is 2.63 bits per heavy atom. The average Bonchev–Trinajstić information content (AvgIpc) is 2.96. The molecule has 146 valence electrons. The van der Waals surface area contributed by atoms with E-state index in [1.165, 1.54) is 11.3 Å². The van der Waals surface area contributed by atoms with Crippen molar-refractivity contribution in [2.45, 2.75) is 40.3 Å². The second kappa shape index (κ2) is 8.08. The summed E-state index contributed by atoms with van der Waals surface area (Å²) in [5.74, 6) is -0.0338. The number of hydrogen-bond acceptors (Lipinski definition) is 5. The Kier molecular flexibility index (Phi) is 5.79. The summed E-state index contributed by atoms with van der Waals surface area (Å²) in [6.07, 6.45) is 1.71. The lowest BCUT2D eigenvalue weighted by Gasteiger charge is -2.27. The van der Waals surface area contributed by atoms with E-state index in [-0.39, 0.29) is 5.91 Å². The topological polar surface area (TPSA) is 63.5 Å². The first-order valence-electron chi connectivity index (χ1n) is 9.47. The van der Waals surface area contributed by atoms with Crippen LogP contribution in [-0.2, 0) is 11.3 Å². The molecule has 3 rings (SSSR count). The third kappa shape index (κ3) is 4.13. The molecule has 0 saturated carbocycles. The minimum Gasteiger partial charge on any atom is -0.378 e. The maximum absolute atomic E-state index is 12.7. The zero-order chi connectivity index (χ0) is 19.6. The molecule has 27 heavy (non-hydrogen) atoms. The van der Waals surface area contributed by atoms with E-state index in [1.807, 2.05) is 19.2 Å². The molecule has 2 aromatic heterocycles. The average molecular weight is 371 g/mol. The second-order valence-electron chi connectivity index (χ2n) is 7.35. The molecule has 7 nitrogen and oxygen atoms in total. The van der Waals surface area contributed by atoms with Crippen LogP contribution in [0.1, 0.15) is 47.3 Å². The SMILES string of the molecule is Cc1nn(C(C)C)c(C)c1CN(C)c1ccnc(C(=O)N2CCOCC2)c1. The van der Waals surface area contributed by atoms with Crippen molar-refractivity contribution in [2.75, 3.05) is 38.3 Å². The summed E-state index contributed by atoms with van der Waals surface area (Å²) in [7, 11) is 2.03. The lowest BCUT2D eigenvalue weighted by molar-refractivity contribution is 0.0299. The van der Waals surface area contributed by atoms with Crippen LogP contribution in [-0.4, -0.2) is 58.9 Å². The van der Waals surface area contributed by atoms with Crippen molar-refractivity contribution >= 4 is 11.6 Å². The van der Waals surface area contributed by atoms with Crippen LogP contribution in [0.25, 0.3) is 0 Å². The molecule has 0 N–H and O–H groups in total. The van der Waals surface area contributed by atoms with Gasteiger partial charge in [0.15, 0.2) is 0 Å². The van der Waals surface area contributed by atoms with Gasteiger partial charge in [0.25, 0.3) is 5.91 Å². The molecular weight excluding hydrogens is 342 g/mol. The second-order valence-corrected chi connectivity index (χ2v) is 7.35. The van der Waals surface area contributed by atoms with Gasteiger partial charge in [0.05, 0.1) is 18.9 Å². The van der Waals surface area contributed by atoms with Gasteiger partial charge in [-0.1, -0.05) is 0 Å². The van der Waals surface area contributed by atoms with Crippen LogP contribution in [0.4, 0.5) is 5.69 Å². The van der Waals surface area contributed by atoms with Crippen molar-refractivity contribution in [3.63, 3.8) is 0 Å². The third-order valence-corrected chi connectivity index (χ3v) is 5.06. The van der Waals surface area contributed by atoms with Crippen LogP contribution in [0.2, 0.25) is 0 Å². The molecule has 0 aliphatic carbocycles. The highest BCUT2D eigenvalue weighted by Crippen LogP contribution is 2.22. The Morgan fingerprint density at radius 1 is 1.30 bits per heavy atom. The molecule has 0 spiro atoms. The minimum absolute atomic E-state index is 0.0338. The molecule has 1 aliphatic rings. The Labute approximate surface area is 160 Å². The van der Waals surface area contributed by atoms with E-state index in [0.717, 1.165) is 17.9 Å². The van der Waals surface area contributed by atoms with Crippen molar-refractivity contribution < 1.29 is 9.53 Å². The van der Waals surface area contributed by atoms with Crippen LogP contribution in [0.3, 0.4) is 0 Å². The van der Waals surface area contributed by atoms with Crippen molar-refractivity contribution in [1.29, 1.82) is 0 Å². The molecule has 3 heterocycles. The number of nitrogens with zero attached hydrogens (tertiary/aromatic N) is 5.